The number of pyridine rings is 1. The quantitative estimate of drug-likeness (QED) is 0.914. The lowest BCUT2D eigenvalue weighted by Gasteiger charge is -2.17. The predicted octanol–water partition coefficient (Wildman–Crippen LogP) is 3.68. The summed E-state index contributed by atoms with van der Waals surface area (Å²) in [5, 5.41) is 5.97. The summed E-state index contributed by atoms with van der Waals surface area (Å²) in [5.74, 6) is 0. The molecule has 1 N–H and O–H groups in total. The molecule has 2 aromatic heterocycles. The third-order valence-electron chi connectivity index (χ3n) is 3.46. The van der Waals surface area contributed by atoms with E-state index in [0.29, 0.717) is 5.56 Å². The molecule has 0 aliphatic carbocycles. The van der Waals surface area contributed by atoms with Gasteiger partial charge in [0.05, 0.1) is 11.3 Å². The zero-order chi connectivity index (χ0) is 14.7. The van der Waals surface area contributed by atoms with Crippen molar-refractivity contribution in [2.75, 3.05) is 11.9 Å². The van der Waals surface area contributed by atoms with E-state index in [4.69, 9.17) is 0 Å². The van der Waals surface area contributed by atoms with Crippen molar-refractivity contribution in [2.24, 2.45) is 0 Å². The highest BCUT2D eigenvalue weighted by atomic mass is 32.1. The third-order valence-corrected chi connectivity index (χ3v) is 4.26. The smallest absolute Gasteiger partial charge is 0.260 e. The second-order valence-electron chi connectivity index (χ2n) is 4.89. The van der Waals surface area contributed by atoms with Gasteiger partial charge in [-0.1, -0.05) is 6.92 Å². The van der Waals surface area contributed by atoms with Crippen LogP contribution in [0.25, 0.3) is 11.3 Å². The van der Waals surface area contributed by atoms with Gasteiger partial charge in [-0.05, 0) is 39.3 Å². The molecular weight excluding hydrogens is 270 g/mol. The van der Waals surface area contributed by atoms with E-state index in [1.54, 1.807) is 0 Å². The van der Waals surface area contributed by atoms with Crippen LogP contribution >= 0.6 is 11.3 Å². The Bertz CT molecular complexity index is 645. The number of hydrogen-bond donors (Lipinski definition) is 1. The van der Waals surface area contributed by atoms with Crippen LogP contribution in [0.3, 0.4) is 0 Å². The lowest BCUT2D eigenvalue weighted by molar-refractivity contribution is 0.503. The average Bonchev–Trinajstić information content (AvgIpc) is 2.87. The maximum absolute atomic E-state index is 12.7. The molecule has 0 saturated carbocycles. The summed E-state index contributed by atoms with van der Waals surface area (Å²) in [6.07, 6.45) is 0.934. The normalized spacial score (nSPS) is 12.4. The topological polar surface area (TPSA) is 46.9 Å². The van der Waals surface area contributed by atoms with Gasteiger partial charge in [0.1, 0.15) is 0 Å². The van der Waals surface area contributed by atoms with Crippen molar-refractivity contribution in [3.63, 3.8) is 0 Å². The van der Waals surface area contributed by atoms with Crippen LogP contribution in [0.5, 0.6) is 0 Å². The molecule has 0 aliphatic heterocycles. The molecular formula is C15H21N3OS. The van der Waals surface area contributed by atoms with Gasteiger partial charge in [-0.2, -0.15) is 0 Å². The van der Waals surface area contributed by atoms with Gasteiger partial charge in [0.15, 0.2) is 5.13 Å². The first-order valence-electron chi connectivity index (χ1n) is 7.00. The van der Waals surface area contributed by atoms with Crippen LogP contribution in [0, 0.1) is 6.92 Å². The monoisotopic (exact) mass is 291 g/mol. The van der Waals surface area contributed by atoms with Gasteiger partial charge in [0.2, 0.25) is 0 Å². The molecule has 0 saturated heterocycles. The fraction of sp³-hybridized carbons (Fsp3) is 0.467. The van der Waals surface area contributed by atoms with Gasteiger partial charge in [-0.3, -0.25) is 4.79 Å². The van der Waals surface area contributed by atoms with Crippen molar-refractivity contribution < 1.29 is 0 Å². The minimum Gasteiger partial charge on any atom is -0.362 e. The van der Waals surface area contributed by atoms with Crippen molar-refractivity contribution in [2.45, 2.75) is 40.2 Å². The molecule has 2 heterocycles. The minimum atomic E-state index is 0.0488. The van der Waals surface area contributed by atoms with E-state index in [1.165, 1.54) is 11.3 Å². The SMILES string of the molecule is CCNc1nc(-c2ccc(C)n(C(C)CC)c2=O)cs1. The van der Waals surface area contributed by atoms with Crippen LogP contribution in [-0.4, -0.2) is 16.1 Å². The molecule has 0 fully saturated rings. The summed E-state index contributed by atoms with van der Waals surface area (Å²) in [4.78, 5) is 17.1. The van der Waals surface area contributed by atoms with E-state index >= 15 is 0 Å². The second kappa shape index (κ2) is 6.22. The summed E-state index contributed by atoms with van der Waals surface area (Å²) in [6, 6.07) is 4.07. The van der Waals surface area contributed by atoms with E-state index in [9.17, 15) is 4.79 Å². The summed E-state index contributed by atoms with van der Waals surface area (Å²) in [5.41, 5.74) is 2.48. The Kier molecular flexibility index (Phi) is 4.60. The van der Waals surface area contributed by atoms with Crippen molar-refractivity contribution in [1.29, 1.82) is 0 Å². The maximum Gasteiger partial charge on any atom is 0.260 e. The van der Waals surface area contributed by atoms with Crippen LogP contribution in [0.2, 0.25) is 0 Å². The van der Waals surface area contributed by atoms with E-state index in [-0.39, 0.29) is 11.6 Å². The molecule has 20 heavy (non-hydrogen) atoms. The predicted molar refractivity (Wildman–Crippen MR) is 85.7 cm³/mol. The molecule has 0 aliphatic rings. The Balaban J connectivity index is 2.49. The molecule has 1 unspecified atom stereocenters. The van der Waals surface area contributed by atoms with Crippen molar-refractivity contribution in [1.82, 2.24) is 9.55 Å². The highest BCUT2D eigenvalue weighted by molar-refractivity contribution is 7.14. The molecule has 1 atom stereocenters. The second-order valence-corrected chi connectivity index (χ2v) is 5.75. The number of thiazole rings is 1. The minimum absolute atomic E-state index is 0.0488. The summed E-state index contributed by atoms with van der Waals surface area (Å²) in [7, 11) is 0. The first-order chi connectivity index (χ1) is 9.58. The lowest BCUT2D eigenvalue weighted by Crippen LogP contribution is -2.26. The molecule has 108 valence electrons. The molecule has 0 aromatic carbocycles. The highest BCUT2D eigenvalue weighted by Gasteiger charge is 2.14. The molecule has 2 rings (SSSR count). The summed E-state index contributed by atoms with van der Waals surface area (Å²) in [6.45, 7) is 9.00. The van der Waals surface area contributed by atoms with Gasteiger partial charge in [-0.15, -0.1) is 11.3 Å². The Labute approximate surface area is 123 Å². The first-order valence-corrected chi connectivity index (χ1v) is 7.88. The fourth-order valence-corrected chi connectivity index (χ4v) is 2.98. The zero-order valence-electron chi connectivity index (χ0n) is 12.4. The lowest BCUT2D eigenvalue weighted by atomic mass is 10.1. The Morgan fingerprint density at radius 1 is 1.40 bits per heavy atom. The molecule has 0 bridgehead atoms. The van der Waals surface area contributed by atoms with Crippen molar-refractivity contribution >= 4 is 16.5 Å². The number of hydrogen-bond acceptors (Lipinski definition) is 4. The number of rotatable bonds is 5. The Morgan fingerprint density at radius 3 is 2.80 bits per heavy atom. The molecule has 4 nitrogen and oxygen atoms in total. The maximum atomic E-state index is 12.7. The van der Waals surface area contributed by atoms with Gasteiger partial charge < -0.3 is 9.88 Å². The zero-order valence-corrected chi connectivity index (χ0v) is 13.3. The van der Waals surface area contributed by atoms with Gasteiger partial charge in [0.25, 0.3) is 5.56 Å². The number of aryl methyl sites for hydroxylation is 1. The van der Waals surface area contributed by atoms with Crippen LogP contribution in [0.15, 0.2) is 22.3 Å². The van der Waals surface area contributed by atoms with Gasteiger partial charge >= 0.3 is 0 Å². The van der Waals surface area contributed by atoms with Crippen LogP contribution < -0.4 is 10.9 Å². The highest BCUT2D eigenvalue weighted by Crippen LogP contribution is 2.23. The van der Waals surface area contributed by atoms with E-state index in [2.05, 4.69) is 24.1 Å². The van der Waals surface area contributed by atoms with Crippen LogP contribution in [-0.2, 0) is 0 Å². The molecule has 0 spiro atoms. The largest absolute Gasteiger partial charge is 0.362 e. The summed E-state index contributed by atoms with van der Waals surface area (Å²) < 4.78 is 1.86. The molecule has 5 heteroatoms. The fourth-order valence-electron chi connectivity index (χ4n) is 2.20. The van der Waals surface area contributed by atoms with Crippen LogP contribution in [0.1, 0.15) is 38.9 Å². The number of nitrogens with one attached hydrogen (secondary N) is 1. The number of anilines is 1. The third kappa shape index (κ3) is 2.77. The standard InChI is InChI=1S/C15H21N3OS/c1-5-10(3)18-11(4)7-8-12(14(18)19)13-9-20-15(17-13)16-6-2/h7-10H,5-6H2,1-4H3,(H,16,17). The van der Waals surface area contributed by atoms with Gasteiger partial charge in [0, 0.05) is 23.7 Å². The number of nitrogens with zero attached hydrogens (tertiary/aromatic N) is 2. The van der Waals surface area contributed by atoms with E-state index in [1.807, 2.05) is 35.9 Å². The van der Waals surface area contributed by atoms with Crippen LogP contribution in [0.4, 0.5) is 5.13 Å². The Hall–Kier alpha value is -1.62. The first kappa shape index (κ1) is 14.8. The Morgan fingerprint density at radius 2 is 2.15 bits per heavy atom. The van der Waals surface area contributed by atoms with Crippen molar-refractivity contribution in [3.05, 3.63) is 33.6 Å². The van der Waals surface area contributed by atoms with Crippen molar-refractivity contribution in [3.8, 4) is 11.3 Å². The molecule has 2 aromatic rings. The molecule has 0 radical (unpaired) electrons. The van der Waals surface area contributed by atoms with E-state index in [0.717, 1.165) is 29.5 Å². The van der Waals surface area contributed by atoms with Gasteiger partial charge in [-0.25, -0.2) is 4.98 Å². The summed E-state index contributed by atoms with van der Waals surface area (Å²) >= 11 is 1.53. The average molecular weight is 291 g/mol. The number of aromatic nitrogens is 2. The molecule has 0 amide bonds. The van der Waals surface area contributed by atoms with E-state index < -0.39 is 0 Å².